The summed E-state index contributed by atoms with van der Waals surface area (Å²) in [5.74, 6) is 0.849. The predicted octanol–water partition coefficient (Wildman–Crippen LogP) is 0.208. The minimum Gasteiger partial charge on any atom is -0.383 e. The first-order valence-electron chi connectivity index (χ1n) is 7.17. The maximum absolute atomic E-state index is 12.5. The summed E-state index contributed by atoms with van der Waals surface area (Å²) < 4.78 is 5.09. The van der Waals surface area contributed by atoms with E-state index in [9.17, 15) is 4.79 Å². The Morgan fingerprint density at radius 3 is 3.00 bits per heavy atom. The Kier molecular flexibility index (Phi) is 5.49. The quantitative estimate of drug-likeness (QED) is 0.746. The lowest BCUT2D eigenvalue weighted by Crippen LogP contribution is -2.43. The third-order valence-corrected chi connectivity index (χ3v) is 3.51. The zero-order valence-electron chi connectivity index (χ0n) is 12.2. The van der Waals surface area contributed by atoms with Crippen LogP contribution in [0.3, 0.4) is 0 Å². The summed E-state index contributed by atoms with van der Waals surface area (Å²) in [6, 6.07) is 0.361. The van der Waals surface area contributed by atoms with Crippen molar-refractivity contribution in [1.29, 1.82) is 0 Å². The van der Waals surface area contributed by atoms with Gasteiger partial charge in [0.2, 0.25) is 5.82 Å². The number of hydrogen-bond donors (Lipinski definition) is 2. The molecule has 0 radical (unpaired) electrons. The standard InChI is InChI=1S/C13H23N5O2/c1-3-11-15-12(17-16-11)13(19)18(7-8-20-2)9-10-5-4-6-14-10/h10,14H,3-9H2,1-2H3,(H,15,16,17). The van der Waals surface area contributed by atoms with Gasteiger partial charge in [0, 0.05) is 32.7 Å². The minimum absolute atomic E-state index is 0.133. The molecule has 1 atom stereocenters. The smallest absolute Gasteiger partial charge is 0.293 e. The fraction of sp³-hybridized carbons (Fsp3) is 0.769. The number of aryl methyl sites for hydroxylation is 1. The molecule has 1 aliphatic heterocycles. The summed E-state index contributed by atoms with van der Waals surface area (Å²) in [7, 11) is 1.64. The first kappa shape index (κ1) is 14.9. The van der Waals surface area contributed by atoms with Crippen LogP contribution in [0.4, 0.5) is 0 Å². The Balaban J connectivity index is 2.01. The average Bonchev–Trinajstić information content (AvgIpc) is 3.13. The molecule has 1 aromatic heterocycles. The molecule has 2 heterocycles. The second kappa shape index (κ2) is 7.35. The lowest BCUT2D eigenvalue weighted by molar-refractivity contribution is 0.0667. The third kappa shape index (κ3) is 3.77. The summed E-state index contributed by atoms with van der Waals surface area (Å²) in [4.78, 5) is 18.5. The van der Waals surface area contributed by atoms with Gasteiger partial charge in [0.1, 0.15) is 5.82 Å². The molecule has 0 saturated carbocycles. The first-order valence-corrected chi connectivity index (χ1v) is 7.17. The van der Waals surface area contributed by atoms with E-state index in [0.29, 0.717) is 25.7 Å². The van der Waals surface area contributed by atoms with E-state index in [4.69, 9.17) is 4.74 Å². The van der Waals surface area contributed by atoms with Crippen LogP contribution in [0, 0.1) is 0 Å². The largest absolute Gasteiger partial charge is 0.383 e. The van der Waals surface area contributed by atoms with Gasteiger partial charge in [0.25, 0.3) is 5.91 Å². The number of amides is 1. The number of aromatic amines is 1. The van der Waals surface area contributed by atoms with Crippen LogP contribution >= 0.6 is 0 Å². The van der Waals surface area contributed by atoms with E-state index in [2.05, 4.69) is 20.5 Å². The van der Waals surface area contributed by atoms with Crippen molar-refractivity contribution in [1.82, 2.24) is 25.4 Å². The number of hydrogen-bond acceptors (Lipinski definition) is 5. The Labute approximate surface area is 119 Å². The van der Waals surface area contributed by atoms with E-state index in [1.807, 2.05) is 6.92 Å². The number of methoxy groups -OCH3 is 1. The second-order valence-corrected chi connectivity index (χ2v) is 5.00. The van der Waals surface area contributed by atoms with Crippen LogP contribution in [-0.2, 0) is 11.2 Å². The Morgan fingerprint density at radius 1 is 1.55 bits per heavy atom. The lowest BCUT2D eigenvalue weighted by Gasteiger charge is -2.24. The molecule has 0 bridgehead atoms. The van der Waals surface area contributed by atoms with Crippen LogP contribution in [0.25, 0.3) is 0 Å². The summed E-state index contributed by atoms with van der Waals surface area (Å²) in [6.45, 7) is 4.75. The summed E-state index contributed by atoms with van der Waals surface area (Å²) in [5, 5.41) is 10.2. The fourth-order valence-electron chi connectivity index (χ4n) is 2.35. The maximum Gasteiger partial charge on any atom is 0.293 e. The average molecular weight is 281 g/mol. The molecule has 1 amide bonds. The van der Waals surface area contributed by atoms with Gasteiger partial charge in [-0.15, -0.1) is 5.10 Å². The molecule has 0 aromatic carbocycles. The van der Waals surface area contributed by atoms with Crippen molar-refractivity contribution >= 4 is 5.91 Å². The highest BCUT2D eigenvalue weighted by atomic mass is 16.5. The normalized spacial score (nSPS) is 18.4. The molecule has 1 unspecified atom stereocenters. The molecule has 1 fully saturated rings. The molecule has 1 aliphatic rings. The second-order valence-electron chi connectivity index (χ2n) is 5.00. The van der Waals surface area contributed by atoms with Gasteiger partial charge >= 0.3 is 0 Å². The van der Waals surface area contributed by atoms with Crippen molar-refractivity contribution in [2.45, 2.75) is 32.2 Å². The first-order chi connectivity index (χ1) is 9.74. The molecule has 7 nitrogen and oxygen atoms in total. The van der Waals surface area contributed by atoms with Crippen LogP contribution in [0.1, 0.15) is 36.2 Å². The number of nitrogens with one attached hydrogen (secondary N) is 2. The van der Waals surface area contributed by atoms with Gasteiger partial charge in [0.05, 0.1) is 6.61 Å². The molecule has 0 aliphatic carbocycles. The van der Waals surface area contributed by atoms with Crippen LogP contribution in [-0.4, -0.2) is 65.4 Å². The van der Waals surface area contributed by atoms with Gasteiger partial charge in [-0.3, -0.25) is 9.89 Å². The molecule has 7 heteroatoms. The Hall–Kier alpha value is -1.47. The van der Waals surface area contributed by atoms with E-state index in [1.165, 1.54) is 0 Å². The molecule has 2 rings (SSSR count). The van der Waals surface area contributed by atoms with Crippen molar-refractivity contribution in [3.8, 4) is 0 Å². The highest BCUT2D eigenvalue weighted by Gasteiger charge is 2.24. The number of nitrogens with zero attached hydrogens (tertiary/aromatic N) is 3. The van der Waals surface area contributed by atoms with Gasteiger partial charge in [-0.05, 0) is 19.4 Å². The van der Waals surface area contributed by atoms with E-state index in [-0.39, 0.29) is 11.7 Å². The summed E-state index contributed by atoms with van der Waals surface area (Å²) in [6.07, 6.45) is 3.01. The van der Waals surface area contributed by atoms with Crippen molar-refractivity contribution in [2.24, 2.45) is 0 Å². The van der Waals surface area contributed by atoms with Gasteiger partial charge in [-0.2, -0.15) is 0 Å². The Bertz CT molecular complexity index is 428. The topological polar surface area (TPSA) is 83.1 Å². The maximum atomic E-state index is 12.5. The number of carbonyl (C=O) groups excluding carboxylic acids is 1. The van der Waals surface area contributed by atoms with Crippen LogP contribution in [0.15, 0.2) is 0 Å². The predicted molar refractivity (Wildman–Crippen MR) is 74.6 cm³/mol. The number of carbonyl (C=O) groups is 1. The third-order valence-electron chi connectivity index (χ3n) is 3.51. The SMILES string of the molecule is CCc1nc(C(=O)N(CCOC)CC2CCCN2)n[nH]1. The number of H-pyrrole nitrogens is 1. The molecular formula is C13H23N5O2. The van der Waals surface area contributed by atoms with Gasteiger partial charge < -0.3 is 15.0 Å². The van der Waals surface area contributed by atoms with Gasteiger partial charge in [-0.25, -0.2) is 4.98 Å². The van der Waals surface area contributed by atoms with E-state index in [1.54, 1.807) is 12.0 Å². The van der Waals surface area contributed by atoms with Crippen molar-refractivity contribution in [2.75, 3.05) is 33.4 Å². The van der Waals surface area contributed by atoms with Crippen molar-refractivity contribution in [3.05, 3.63) is 11.6 Å². The van der Waals surface area contributed by atoms with Gasteiger partial charge in [0.15, 0.2) is 0 Å². The number of ether oxygens (including phenoxy) is 1. The summed E-state index contributed by atoms with van der Waals surface area (Å²) in [5.41, 5.74) is 0. The molecule has 112 valence electrons. The molecule has 0 spiro atoms. The van der Waals surface area contributed by atoms with Crippen molar-refractivity contribution in [3.63, 3.8) is 0 Å². The molecule has 2 N–H and O–H groups in total. The van der Waals surface area contributed by atoms with E-state index < -0.39 is 0 Å². The van der Waals surface area contributed by atoms with E-state index >= 15 is 0 Å². The Morgan fingerprint density at radius 2 is 2.40 bits per heavy atom. The summed E-state index contributed by atoms with van der Waals surface area (Å²) >= 11 is 0. The van der Waals surface area contributed by atoms with E-state index in [0.717, 1.165) is 31.6 Å². The zero-order valence-corrected chi connectivity index (χ0v) is 12.2. The molecule has 20 heavy (non-hydrogen) atoms. The van der Waals surface area contributed by atoms with Crippen LogP contribution in [0.2, 0.25) is 0 Å². The highest BCUT2D eigenvalue weighted by Crippen LogP contribution is 2.09. The fourth-order valence-corrected chi connectivity index (χ4v) is 2.35. The molecule has 1 aromatic rings. The van der Waals surface area contributed by atoms with Crippen LogP contribution in [0.5, 0.6) is 0 Å². The van der Waals surface area contributed by atoms with Crippen molar-refractivity contribution < 1.29 is 9.53 Å². The number of aromatic nitrogens is 3. The zero-order chi connectivity index (χ0) is 14.4. The number of rotatable bonds is 7. The highest BCUT2D eigenvalue weighted by molar-refractivity contribution is 5.90. The minimum atomic E-state index is -0.133. The molecular weight excluding hydrogens is 258 g/mol. The van der Waals surface area contributed by atoms with Crippen LogP contribution < -0.4 is 5.32 Å². The molecule has 1 saturated heterocycles. The lowest BCUT2D eigenvalue weighted by atomic mass is 10.2. The van der Waals surface area contributed by atoms with Gasteiger partial charge in [-0.1, -0.05) is 6.92 Å². The monoisotopic (exact) mass is 281 g/mol.